The summed E-state index contributed by atoms with van der Waals surface area (Å²) in [4.78, 5) is 21.9. The molecule has 3 heterocycles. The largest absolute Gasteiger partial charge is 0.290 e. The molecule has 0 aromatic carbocycles. The Kier molecular flexibility index (Phi) is 3.42. The lowest BCUT2D eigenvalue weighted by Gasteiger charge is -2.05. The molecule has 0 amide bonds. The van der Waals surface area contributed by atoms with E-state index in [0.717, 1.165) is 26.4 Å². The normalized spacial score (nSPS) is 11.3. The third-order valence-corrected chi connectivity index (χ3v) is 5.37. The van der Waals surface area contributed by atoms with Crippen LogP contribution in [0.1, 0.15) is 10.7 Å². The number of aromatic nitrogens is 3. The van der Waals surface area contributed by atoms with Gasteiger partial charge < -0.3 is 0 Å². The van der Waals surface area contributed by atoms with Gasteiger partial charge in [0.25, 0.3) is 5.56 Å². The summed E-state index contributed by atoms with van der Waals surface area (Å²) in [7, 11) is 1.76. The van der Waals surface area contributed by atoms with E-state index >= 15 is 0 Å². The highest BCUT2D eigenvalue weighted by atomic mass is 32.2. The first-order valence-corrected chi connectivity index (χ1v) is 8.37. The minimum atomic E-state index is 0.0169. The van der Waals surface area contributed by atoms with Crippen LogP contribution in [0, 0.1) is 6.92 Å². The van der Waals surface area contributed by atoms with Gasteiger partial charge in [-0.1, -0.05) is 11.8 Å². The number of rotatable bonds is 3. The van der Waals surface area contributed by atoms with Crippen LogP contribution in [-0.4, -0.2) is 14.5 Å². The van der Waals surface area contributed by atoms with Crippen molar-refractivity contribution in [1.29, 1.82) is 0 Å². The summed E-state index contributed by atoms with van der Waals surface area (Å²) >= 11 is 4.69. The Morgan fingerprint density at radius 3 is 2.95 bits per heavy atom. The molecular formula is C12H11N3OS3. The maximum Gasteiger partial charge on any atom is 0.262 e. The van der Waals surface area contributed by atoms with Crippen LogP contribution < -0.4 is 5.56 Å². The molecule has 7 heteroatoms. The molecule has 19 heavy (non-hydrogen) atoms. The van der Waals surface area contributed by atoms with E-state index in [1.54, 1.807) is 34.7 Å². The predicted molar refractivity (Wildman–Crippen MR) is 81.3 cm³/mol. The van der Waals surface area contributed by atoms with Crippen molar-refractivity contribution in [3.63, 3.8) is 0 Å². The van der Waals surface area contributed by atoms with Gasteiger partial charge in [0.2, 0.25) is 0 Å². The Hall–Kier alpha value is -1.18. The zero-order chi connectivity index (χ0) is 13.4. The van der Waals surface area contributed by atoms with Crippen LogP contribution in [0.5, 0.6) is 0 Å². The molecule has 98 valence electrons. The number of thiophene rings is 1. The summed E-state index contributed by atoms with van der Waals surface area (Å²) in [5.74, 6) is 0.738. The van der Waals surface area contributed by atoms with Gasteiger partial charge in [-0.3, -0.25) is 9.36 Å². The van der Waals surface area contributed by atoms with Gasteiger partial charge in [0.1, 0.15) is 4.83 Å². The van der Waals surface area contributed by atoms with Gasteiger partial charge in [0.15, 0.2) is 5.16 Å². The zero-order valence-electron chi connectivity index (χ0n) is 10.4. The minimum Gasteiger partial charge on any atom is -0.290 e. The Labute approximate surface area is 122 Å². The number of thioether (sulfide) groups is 1. The summed E-state index contributed by atoms with van der Waals surface area (Å²) in [6, 6.07) is 1.83. The average Bonchev–Trinajstić information content (AvgIpc) is 3.01. The lowest BCUT2D eigenvalue weighted by atomic mass is 10.4. The highest BCUT2D eigenvalue weighted by Gasteiger charge is 2.10. The van der Waals surface area contributed by atoms with Crippen molar-refractivity contribution in [2.24, 2.45) is 7.05 Å². The number of hydrogen-bond donors (Lipinski definition) is 0. The van der Waals surface area contributed by atoms with E-state index in [4.69, 9.17) is 0 Å². The van der Waals surface area contributed by atoms with E-state index in [9.17, 15) is 4.79 Å². The van der Waals surface area contributed by atoms with E-state index in [-0.39, 0.29) is 5.56 Å². The molecule has 0 aliphatic carbocycles. The van der Waals surface area contributed by atoms with E-state index in [1.165, 1.54) is 11.3 Å². The van der Waals surface area contributed by atoms with Gasteiger partial charge in [-0.05, 0) is 18.4 Å². The SMILES string of the molecule is Cc1nc(CSc2nc3sccc3c(=O)n2C)cs1. The molecule has 0 unspecified atom stereocenters. The molecule has 0 radical (unpaired) electrons. The molecule has 0 N–H and O–H groups in total. The number of fused-ring (bicyclic) bond motifs is 1. The first kappa shape index (κ1) is 12.8. The second-order valence-corrected chi connectivity index (χ2v) is 6.94. The zero-order valence-corrected chi connectivity index (χ0v) is 12.9. The molecule has 3 rings (SSSR count). The smallest absolute Gasteiger partial charge is 0.262 e. The summed E-state index contributed by atoms with van der Waals surface area (Å²) < 4.78 is 1.61. The van der Waals surface area contributed by atoms with Gasteiger partial charge >= 0.3 is 0 Å². The highest BCUT2D eigenvalue weighted by molar-refractivity contribution is 7.98. The van der Waals surface area contributed by atoms with Crippen LogP contribution in [0.25, 0.3) is 10.2 Å². The maximum atomic E-state index is 12.1. The molecule has 0 aliphatic rings. The Morgan fingerprint density at radius 2 is 2.21 bits per heavy atom. The van der Waals surface area contributed by atoms with Crippen LogP contribution >= 0.6 is 34.4 Å². The number of thiazole rings is 1. The molecule has 0 atom stereocenters. The van der Waals surface area contributed by atoms with Crippen LogP contribution in [0.4, 0.5) is 0 Å². The van der Waals surface area contributed by atoms with E-state index in [2.05, 4.69) is 9.97 Å². The quantitative estimate of drug-likeness (QED) is 0.551. The van der Waals surface area contributed by atoms with Crippen molar-refractivity contribution in [3.8, 4) is 0 Å². The van der Waals surface area contributed by atoms with E-state index < -0.39 is 0 Å². The average molecular weight is 309 g/mol. The summed E-state index contributed by atoms with van der Waals surface area (Å²) in [6.45, 7) is 1.99. The standard InChI is InChI=1S/C12H11N3OS3/c1-7-13-8(5-18-7)6-19-12-14-10-9(3-4-17-10)11(16)15(12)2/h3-5H,6H2,1-2H3. The third-order valence-electron chi connectivity index (χ3n) is 2.68. The Morgan fingerprint density at radius 1 is 1.37 bits per heavy atom. The van der Waals surface area contributed by atoms with Crippen LogP contribution in [0.2, 0.25) is 0 Å². The highest BCUT2D eigenvalue weighted by Crippen LogP contribution is 2.23. The molecule has 0 bridgehead atoms. The monoisotopic (exact) mass is 309 g/mol. The molecule has 4 nitrogen and oxygen atoms in total. The molecule has 3 aromatic rings. The lowest BCUT2D eigenvalue weighted by Crippen LogP contribution is -2.19. The van der Waals surface area contributed by atoms with Crippen molar-refractivity contribution in [2.45, 2.75) is 17.8 Å². The van der Waals surface area contributed by atoms with Gasteiger partial charge in [-0.2, -0.15) is 0 Å². The first-order chi connectivity index (χ1) is 9.15. The summed E-state index contributed by atoms with van der Waals surface area (Å²) in [5.41, 5.74) is 1.05. The number of hydrogen-bond acceptors (Lipinski definition) is 6. The molecule has 0 saturated heterocycles. The van der Waals surface area contributed by atoms with Gasteiger partial charge in [0, 0.05) is 18.2 Å². The molecule has 0 aliphatic heterocycles. The Balaban J connectivity index is 1.92. The van der Waals surface area contributed by atoms with Gasteiger partial charge in [-0.15, -0.1) is 22.7 Å². The number of nitrogens with zero attached hydrogens (tertiary/aromatic N) is 3. The molecule has 0 saturated carbocycles. The summed E-state index contributed by atoms with van der Waals surface area (Å²) in [6.07, 6.45) is 0. The van der Waals surface area contributed by atoms with E-state index in [0.29, 0.717) is 5.39 Å². The molecule has 0 fully saturated rings. The fraction of sp³-hybridized carbons (Fsp3) is 0.250. The van der Waals surface area contributed by atoms with Crippen LogP contribution in [0.15, 0.2) is 26.8 Å². The first-order valence-electron chi connectivity index (χ1n) is 5.63. The molecular weight excluding hydrogens is 298 g/mol. The van der Waals surface area contributed by atoms with Crippen LogP contribution in [-0.2, 0) is 12.8 Å². The maximum absolute atomic E-state index is 12.1. The van der Waals surface area contributed by atoms with Crippen molar-refractivity contribution in [3.05, 3.63) is 37.9 Å². The fourth-order valence-electron chi connectivity index (χ4n) is 1.72. The Bertz CT molecular complexity index is 787. The summed E-state index contributed by atoms with van der Waals surface area (Å²) in [5, 5.41) is 6.44. The second kappa shape index (κ2) is 5.07. The topological polar surface area (TPSA) is 47.8 Å². The van der Waals surface area contributed by atoms with Crippen molar-refractivity contribution in [2.75, 3.05) is 0 Å². The molecule has 0 spiro atoms. The van der Waals surface area contributed by atoms with Crippen molar-refractivity contribution < 1.29 is 0 Å². The van der Waals surface area contributed by atoms with Gasteiger partial charge in [-0.25, -0.2) is 9.97 Å². The number of aryl methyl sites for hydroxylation is 1. The van der Waals surface area contributed by atoms with Crippen LogP contribution in [0.3, 0.4) is 0 Å². The van der Waals surface area contributed by atoms with Crippen molar-refractivity contribution >= 4 is 44.7 Å². The van der Waals surface area contributed by atoms with Crippen molar-refractivity contribution in [1.82, 2.24) is 14.5 Å². The third kappa shape index (κ3) is 2.45. The predicted octanol–water partition coefficient (Wildman–Crippen LogP) is 3.05. The van der Waals surface area contributed by atoms with E-state index in [1.807, 2.05) is 23.8 Å². The second-order valence-electron chi connectivity index (χ2n) is 4.04. The lowest BCUT2D eigenvalue weighted by molar-refractivity contribution is 0.728. The van der Waals surface area contributed by atoms with Gasteiger partial charge in [0.05, 0.1) is 16.1 Å². The minimum absolute atomic E-state index is 0.0169. The fourth-order valence-corrected chi connectivity index (χ4v) is 4.11. The molecule has 3 aromatic heterocycles.